The number of anilines is 2. The van der Waals surface area contributed by atoms with Crippen LogP contribution in [-0.4, -0.2) is 12.5 Å². The average Bonchev–Trinajstić information content (AvgIpc) is 2.54. The van der Waals surface area contributed by atoms with E-state index in [-0.39, 0.29) is 5.91 Å². The molecule has 0 aliphatic carbocycles. The maximum Gasteiger partial charge on any atom is 0.224 e. The monoisotopic (exact) mass is 312 g/mol. The van der Waals surface area contributed by atoms with Crippen LogP contribution in [0.5, 0.6) is 5.75 Å². The minimum Gasteiger partial charge on any atom is -0.491 e. The van der Waals surface area contributed by atoms with Crippen molar-refractivity contribution in [2.45, 2.75) is 33.1 Å². The van der Waals surface area contributed by atoms with Crippen molar-refractivity contribution < 1.29 is 9.53 Å². The number of carbonyl (C=O) groups is 1. The first kappa shape index (κ1) is 16.9. The number of hydrogen-bond donors (Lipinski definition) is 2. The van der Waals surface area contributed by atoms with E-state index in [1.54, 1.807) is 0 Å². The minimum absolute atomic E-state index is 0.0431. The van der Waals surface area contributed by atoms with Crippen molar-refractivity contribution in [3.63, 3.8) is 0 Å². The third kappa shape index (κ3) is 5.02. The first-order valence-electron chi connectivity index (χ1n) is 7.97. The highest BCUT2D eigenvalue weighted by atomic mass is 16.5. The lowest BCUT2D eigenvalue weighted by Gasteiger charge is -2.13. The Hall–Kier alpha value is -2.49. The normalized spacial score (nSPS) is 10.3. The zero-order valence-corrected chi connectivity index (χ0v) is 13.8. The van der Waals surface area contributed by atoms with Gasteiger partial charge in [0.2, 0.25) is 5.91 Å². The number of para-hydroxylation sites is 1. The molecule has 0 radical (unpaired) electrons. The molecule has 4 nitrogen and oxygen atoms in total. The van der Waals surface area contributed by atoms with E-state index in [4.69, 9.17) is 10.5 Å². The summed E-state index contributed by atoms with van der Waals surface area (Å²) in [4.78, 5) is 12.2. The van der Waals surface area contributed by atoms with Gasteiger partial charge in [0.15, 0.2) is 0 Å². The van der Waals surface area contributed by atoms with Crippen LogP contribution in [0.15, 0.2) is 42.5 Å². The smallest absolute Gasteiger partial charge is 0.224 e. The zero-order valence-electron chi connectivity index (χ0n) is 13.8. The van der Waals surface area contributed by atoms with Crippen LogP contribution >= 0.6 is 0 Å². The largest absolute Gasteiger partial charge is 0.491 e. The maximum absolute atomic E-state index is 12.2. The lowest BCUT2D eigenvalue weighted by atomic mass is 10.1. The Morgan fingerprint density at radius 2 is 2.00 bits per heavy atom. The Balaban J connectivity index is 1.98. The highest BCUT2D eigenvalue weighted by molar-refractivity contribution is 5.92. The topological polar surface area (TPSA) is 64.3 Å². The molecule has 0 aliphatic heterocycles. The second-order valence-corrected chi connectivity index (χ2v) is 5.60. The molecule has 0 fully saturated rings. The van der Waals surface area contributed by atoms with Gasteiger partial charge in [-0.1, -0.05) is 31.2 Å². The molecule has 0 aromatic heterocycles. The first-order valence-corrected chi connectivity index (χ1v) is 7.97. The molecule has 2 rings (SSSR count). The van der Waals surface area contributed by atoms with Crippen molar-refractivity contribution >= 4 is 17.3 Å². The lowest BCUT2D eigenvalue weighted by Crippen LogP contribution is -2.14. The number of rotatable bonds is 7. The third-order valence-corrected chi connectivity index (χ3v) is 3.55. The molecule has 2 aromatic carbocycles. The number of aryl methyl sites for hydroxylation is 2. The van der Waals surface area contributed by atoms with Crippen molar-refractivity contribution in [1.29, 1.82) is 0 Å². The fraction of sp³-hybridized carbons (Fsp3) is 0.316. The molecule has 3 N–H and O–H groups in total. The van der Waals surface area contributed by atoms with Crippen LogP contribution in [0.1, 0.15) is 30.9 Å². The van der Waals surface area contributed by atoms with E-state index in [2.05, 4.69) is 12.2 Å². The van der Waals surface area contributed by atoms with Crippen LogP contribution in [0.4, 0.5) is 11.4 Å². The standard InChI is InChI=1S/C19H24N2O2/c1-3-12-23-18-13-14(2)8-10-17(18)21-19(22)11-9-15-6-4-5-7-16(15)20/h4-8,10,13H,3,9,11-12,20H2,1-2H3,(H,21,22). The van der Waals surface area contributed by atoms with Gasteiger partial charge in [-0.15, -0.1) is 0 Å². The highest BCUT2D eigenvalue weighted by Crippen LogP contribution is 2.26. The van der Waals surface area contributed by atoms with Gasteiger partial charge in [-0.3, -0.25) is 4.79 Å². The Bertz CT molecular complexity index is 668. The van der Waals surface area contributed by atoms with Crippen LogP contribution in [0.3, 0.4) is 0 Å². The molecule has 0 aliphatic rings. The second kappa shape index (κ2) is 8.22. The number of ether oxygens (including phenoxy) is 1. The summed E-state index contributed by atoms with van der Waals surface area (Å²) in [5.74, 6) is 0.679. The molecule has 0 saturated heterocycles. The molecule has 0 saturated carbocycles. The van der Waals surface area contributed by atoms with Gasteiger partial charge in [0.05, 0.1) is 12.3 Å². The van der Waals surface area contributed by atoms with E-state index >= 15 is 0 Å². The number of nitrogen functional groups attached to an aromatic ring is 1. The molecule has 2 aromatic rings. The number of amides is 1. The van der Waals surface area contributed by atoms with E-state index in [0.717, 1.165) is 34.7 Å². The van der Waals surface area contributed by atoms with E-state index in [1.807, 2.05) is 49.4 Å². The van der Waals surface area contributed by atoms with Crippen molar-refractivity contribution in [3.8, 4) is 5.75 Å². The van der Waals surface area contributed by atoms with Crippen molar-refractivity contribution in [2.24, 2.45) is 0 Å². The van der Waals surface area contributed by atoms with Gasteiger partial charge in [-0.2, -0.15) is 0 Å². The van der Waals surface area contributed by atoms with Gasteiger partial charge < -0.3 is 15.8 Å². The average molecular weight is 312 g/mol. The Morgan fingerprint density at radius 3 is 2.74 bits per heavy atom. The number of nitrogens with two attached hydrogens (primary N) is 1. The Morgan fingerprint density at radius 1 is 1.22 bits per heavy atom. The van der Waals surface area contributed by atoms with Gasteiger partial charge in [-0.25, -0.2) is 0 Å². The third-order valence-electron chi connectivity index (χ3n) is 3.55. The summed E-state index contributed by atoms with van der Waals surface area (Å²) >= 11 is 0. The summed E-state index contributed by atoms with van der Waals surface area (Å²) in [5.41, 5.74) is 9.44. The molecular formula is C19H24N2O2. The van der Waals surface area contributed by atoms with E-state index in [9.17, 15) is 4.79 Å². The van der Waals surface area contributed by atoms with Crippen molar-refractivity contribution in [1.82, 2.24) is 0 Å². The predicted octanol–water partition coefficient (Wildman–Crippen LogP) is 3.94. The molecular weight excluding hydrogens is 288 g/mol. The predicted molar refractivity (Wildman–Crippen MR) is 94.8 cm³/mol. The number of carbonyl (C=O) groups excluding carboxylic acids is 1. The fourth-order valence-corrected chi connectivity index (χ4v) is 2.29. The Labute approximate surface area is 137 Å². The summed E-state index contributed by atoms with van der Waals surface area (Å²) in [6.45, 7) is 4.69. The summed E-state index contributed by atoms with van der Waals surface area (Å²) < 4.78 is 5.72. The van der Waals surface area contributed by atoms with Crippen molar-refractivity contribution in [3.05, 3.63) is 53.6 Å². The van der Waals surface area contributed by atoms with Crippen LogP contribution in [0, 0.1) is 6.92 Å². The van der Waals surface area contributed by atoms with Gasteiger partial charge in [0.25, 0.3) is 0 Å². The molecule has 0 spiro atoms. The molecule has 122 valence electrons. The first-order chi connectivity index (χ1) is 11.1. The van der Waals surface area contributed by atoms with Crippen LogP contribution < -0.4 is 15.8 Å². The molecule has 0 unspecified atom stereocenters. The number of benzene rings is 2. The van der Waals surface area contributed by atoms with E-state index in [0.29, 0.717) is 19.4 Å². The quantitative estimate of drug-likeness (QED) is 0.761. The molecule has 0 bridgehead atoms. The summed E-state index contributed by atoms with van der Waals surface area (Å²) in [7, 11) is 0. The molecule has 23 heavy (non-hydrogen) atoms. The molecule has 0 heterocycles. The zero-order chi connectivity index (χ0) is 16.7. The molecule has 0 atom stereocenters. The number of hydrogen-bond acceptors (Lipinski definition) is 3. The molecule has 4 heteroatoms. The minimum atomic E-state index is -0.0431. The van der Waals surface area contributed by atoms with Gasteiger partial charge in [0.1, 0.15) is 5.75 Å². The number of nitrogens with one attached hydrogen (secondary N) is 1. The lowest BCUT2D eigenvalue weighted by molar-refractivity contribution is -0.116. The summed E-state index contributed by atoms with van der Waals surface area (Å²) in [6, 6.07) is 13.4. The SMILES string of the molecule is CCCOc1cc(C)ccc1NC(=O)CCc1ccccc1N. The van der Waals surface area contributed by atoms with E-state index in [1.165, 1.54) is 0 Å². The van der Waals surface area contributed by atoms with Crippen molar-refractivity contribution in [2.75, 3.05) is 17.7 Å². The van der Waals surface area contributed by atoms with Crippen LogP contribution in [0.2, 0.25) is 0 Å². The second-order valence-electron chi connectivity index (χ2n) is 5.60. The summed E-state index contributed by atoms with van der Waals surface area (Å²) in [5, 5.41) is 2.93. The fourth-order valence-electron chi connectivity index (χ4n) is 2.29. The van der Waals surface area contributed by atoms with Gasteiger partial charge >= 0.3 is 0 Å². The Kier molecular flexibility index (Phi) is 6.03. The van der Waals surface area contributed by atoms with Gasteiger partial charge in [-0.05, 0) is 49.1 Å². The molecule has 1 amide bonds. The van der Waals surface area contributed by atoms with Gasteiger partial charge in [0, 0.05) is 12.1 Å². The van der Waals surface area contributed by atoms with E-state index < -0.39 is 0 Å². The van der Waals surface area contributed by atoms with Crippen LogP contribution in [0.25, 0.3) is 0 Å². The summed E-state index contributed by atoms with van der Waals surface area (Å²) in [6.07, 6.45) is 1.93. The maximum atomic E-state index is 12.2. The highest BCUT2D eigenvalue weighted by Gasteiger charge is 2.09. The van der Waals surface area contributed by atoms with Crippen LogP contribution in [-0.2, 0) is 11.2 Å².